The molecular formula is C27H26F2N6O3S. The van der Waals surface area contributed by atoms with Crippen LogP contribution in [0.1, 0.15) is 30.0 Å². The maximum Gasteiger partial charge on any atom is 0.232 e. The van der Waals surface area contributed by atoms with E-state index >= 15 is 8.78 Å². The van der Waals surface area contributed by atoms with Crippen molar-refractivity contribution in [2.24, 2.45) is 0 Å². The molecule has 0 amide bonds. The van der Waals surface area contributed by atoms with E-state index in [1.807, 2.05) is 0 Å². The molecule has 2 aromatic heterocycles. The number of nitrogens with zero attached hydrogens (tertiary/aromatic N) is 3. The van der Waals surface area contributed by atoms with Crippen molar-refractivity contribution in [1.29, 1.82) is 0 Å². The first-order chi connectivity index (χ1) is 19.0. The Bertz CT molecular complexity index is 1430. The van der Waals surface area contributed by atoms with Gasteiger partial charge in [-0.2, -0.15) is 0 Å². The van der Waals surface area contributed by atoms with E-state index in [-0.39, 0.29) is 17.7 Å². The first-order valence-corrected chi connectivity index (χ1v) is 13.4. The number of piperidine rings is 1. The largest absolute Gasteiger partial charge is 0.438 e. The second-order valence-corrected chi connectivity index (χ2v) is 9.66. The zero-order valence-electron chi connectivity index (χ0n) is 20.7. The Balaban J connectivity index is 1.42. The number of ether oxygens (including phenoxy) is 1. The highest BCUT2D eigenvalue weighted by Gasteiger charge is 2.25. The molecule has 1 unspecified atom stereocenters. The lowest BCUT2D eigenvalue weighted by atomic mass is 9.98. The van der Waals surface area contributed by atoms with Crippen molar-refractivity contribution in [3.63, 3.8) is 0 Å². The van der Waals surface area contributed by atoms with Crippen LogP contribution in [0.15, 0.2) is 73.1 Å². The lowest BCUT2D eigenvalue weighted by Gasteiger charge is -2.23. The summed E-state index contributed by atoms with van der Waals surface area (Å²) < 4.78 is 59.6. The van der Waals surface area contributed by atoms with Crippen LogP contribution in [0.4, 0.5) is 14.7 Å². The van der Waals surface area contributed by atoms with E-state index in [2.05, 4.69) is 30.3 Å². The minimum absolute atomic E-state index is 0.0993. The highest BCUT2D eigenvalue weighted by atomic mass is 32.2. The van der Waals surface area contributed by atoms with Gasteiger partial charge in [-0.05, 0) is 43.1 Å². The van der Waals surface area contributed by atoms with Crippen molar-refractivity contribution < 1.29 is 22.3 Å². The van der Waals surface area contributed by atoms with Gasteiger partial charge in [-0.1, -0.05) is 30.3 Å². The molecule has 1 fully saturated rings. The number of rotatable bonds is 9. The van der Waals surface area contributed by atoms with Crippen LogP contribution in [0.25, 0.3) is 11.3 Å². The van der Waals surface area contributed by atoms with Crippen LogP contribution < -0.4 is 20.1 Å². The van der Waals surface area contributed by atoms with Gasteiger partial charge in [0.25, 0.3) is 0 Å². The van der Waals surface area contributed by atoms with Gasteiger partial charge in [0, 0.05) is 42.7 Å². The Morgan fingerprint density at radius 1 is 1.05 bits per heavy atom. The van der Waals surface area contributed by atoms with Gasteiger partial charge in [-0.25, -0.2) is 32.7 Å². The molecule has 39 heavy (non-hydrogen) atoms. The van der Waals surface area contributed by atoms with Gasteiger partial charge >= 0.3 is 0 Å². The number of hydrogen-bond donors (Lipinski definition) is 4. The molecule has 0 aliphatic carbocycles. The molecule has 202 valence electrons. The van der Waals surface area contributed by atoms with E-state index in [9.17, 15) is 8.76 Å². The van der Waals surface area contributed by atoms with Crippen LogP contribution in [0, 0.1) is 11.6 Å². The third kappa shape index (κ3) is 6.60. The summed E-state index contributed by atoms with van der Waals surface area (Å²) in [6, 6.07) is 14.4. The molecule has 12 heteroatoms. The molecule has 0 radical (unpaired) electrons. The predicted molar refractivity (Wildman–Crippen MR) is 143 cm³/mol. The molecule has 9 nitrogen and oxygen atoms in total. The Morgan fingerprint density at radius 2 is 1.85 bits per heavy atom. The summed E-state index contributed by atoms with van der Waals surface area (Å²) in [5, 5.41) is 6.66. The summed E-state index contributed by atoms with van der Waals surface area (Å²) in [5.74, 6) is -1.49. The number of benzene rings is 2. The van der Waals surface area contributed by atoms with Gasteiger partial charge in [0.2, 0.25) is 23.1 Å². The number of halogens is 2. The van der Waals surface area contributed by atoms with E-state index in [4.69, 9.17) is 4.74 Å². The first-order valence-electron chi connectivity index (χ1n) is 12.3. The summed E-state index contributed by atoms with van der Waals surface area (Å²) in [5.41, 5.74) is 1.03. The molecule has 0 spiro atoms. The minimum Gasteiger partial charge on any atom is -0.438 e. The molecule has 3 atom stereocenters. The molecule has 0 saturated carbocycles. The maximum absolute atomic E-state index is 15.3. The van der Waals surface area contributed by atoms with Crippen LogP contribution in [-0.2, 0) is 11.3 Å². The number of hydrogen-bond acceptors (Lipinski definition) is 7. The first kappa shape index (κ1) is 26.8. The number of pyridine rings is 1. The zero-order valence-corrected chi connectivity index (χ0v) is 21.5. The molecule has 0 bridgehead atoms. The van der Waals surface area contributed by atoms with Gasteiger partial charge in [0.05, 0.1) is 17.3 Å². The summed E-state index contributed by atoms with van der Waals surface area (Å²) in [6.07, 6.45) is 5.18. The Labute approximate surface area is 226 Å². The minimum atomic E-state index is -2.52. The van der Waals surface area contributed by atoms with Crippen molar-refractivity contribution in [2.45, 2.75) is 24.9 Å². The highest BCUT2D eigenvalue weighted by molar-refractivity contribution is 7.77. The van der Waals surface area contributed by atoms with E-state index in [0.717, 1.165) is 38.1 Å². The Hall–Kier alpha value is -3.84. The molecule has 1 aliphatic rings. The predicted octanol–water partition coefficient (Wildman–Crippen LogP) is 4.59. The van der Waals surface area contributed by atoms with Crippen LogP contribution in [-0.4, -0.2) is 42.8 Å². The monoisotopic (exact) mass is 552 g/mol. The molecule has 1 aliphatic heterocycles. The molecule has 2 aromatic carbocycles. The topological polar surface area (TPSA) is 121 Å². The summed E-state index contributed by atoms with van der Waals surface area (Å²) in [7, 11) is 0. The van der Waals surface area contributed by atoms with Crippen LogP contribution in [0.2, 0.25) is 0 Å². The average molecular weight is 553 g/mol. The van der Waals surface area contributed by atoms with E-state index in [1.54, 1.807) is 54.7 Å². The Morgan fingerprint density at radius 3 is 2.56 bits per heavy atom. The van der Waals surface area contributed by atoms with Crippen molar-refractivity contribution in [3.05, 3.63) is 95.8 Å². The smallest absolute Gasteiger partial charge is 0.232 e. The van der Waals surface area contributed by atoms with Crippen molar-refractivity contribution in [2.75, 3.05) is 18.4 Å². The summed E-state index contributed by atoms with van der Waals surface area (Å²) >= 11 is -2.52. The van der Waals surface area contributed by atoms with E-state index in [1.165, 1.54) is 6.20 Å². The number of aromatic nitrogens is 3. The molecular weight excluding hydrogens is 526 g/mol. The lowest BCUT2D eigenvalue weighted by molar-refractivity contribution is 0.447. The fourth-order valence-corrected chi connectivity index (χ4v) is 4.91. The average Bonchev–Trinajstić information content (AvgIpc) is 2.93. The van der Waals surface area contributed by atoms with Crippen molar-refractivity contribution in [1.82, 2.24) is 25.0 Å². The zero-order chi connectivity index (χ0) is 27.2. The fourth-order valence-electron chi connectivity index (χ4n) is 4.45. The SMILES string of the molecule is O=S(O)N[C@@H](c1ccccc1)c1c(F)cc(Oc2ncccc2-c2ccnc(N[C@H]3CCCNC3)n2)cc1F. The third-order valence-corrected chi connectivity index (χ3v) is 6.68. The summed E-state index contributed by atoms with van der Waals surface area (Å²) in [6.45, 7) is 1.80. The molecule has 5 rings (SSSR count). The lowest BCUT2D eigenvalue weighted by Crippen LogP contribution is -2.38. The van der Waals surface area contributed by atoms with E-state index < -0.39 is 34.5 Å². The van der Waals surface area contributed by atoms with Crippen molar-refractivity contribution in [3.8, 4) is 22.9 Å². The highest BCUT2D eigenvalue weighted by Crippen LogP contribution is 2.34. The van der Waals surface area contributed by atoms with Crippen LogP contribution in [0.5, 0.6) is 11.6 Å². The fraction of sp³-hybridized carbons (Fsp3) is 0.222. The van der Waals surface area contributed by atoms with Crippen molar-refractivity contribution >= 4 is 17.2 Å². The molecule has 3 heterocycles. The quantitative estimate of drug-likeness (QED) is 0.223. The van der Waals surface area contributed by atoms with Gasteiger partial charge < -0.3 is 15.4 Å². The Kier molecular flexibility index (Phi) is 8.47. The molecule has 1 saturated heterocycles. The second-order valence-electron chi connectivity index (χ2n) is 8.92. The molecule has 4 N–H and O–H groups in total. The standard InChI is InChI=1S/C27H26F2N6O3S/c28-21-14-19(15-22(29)24(21)25(35-39(36)37)17-6-2-1-3-7-17)38-26-20(9-5-12-31-26)23-10-13-32-27(34-23)33-18-8-4-11-30-16-18/h1-3,5-7,9-10,12-15,18,25,30,35H,4,8,11,16H2,(H,36,37)(H,32,33,34)/t18-,25-/m0/s1. The third-order valence-electron chi connectivity index (χ3n) is 6.24. The number of anilines is 1. The normalized spacial score (nSPS) is 16.8. The number of nitrogens with one attached hydrogen (secondary N) is 3. The second kappa shape index (κ2) is 12.3. The van der Waals surface area contributed by atoms with Gasteiger partial charge in [0.1, 0.15) is 17.4 Å². The maximum atomic E-state index is 15.3. The van der Waals surface area contributed by atoms with Crippen LogP contribution >= 0.6 is 0 Å². The van der Waals surface area contributed by atoms with Crippen LogP contribution in [0.3, 0.4) is 0 Å². The molecule has 4 aromatic rings. The van der Waals surface area contributed by atoms with Gasteiger partial charge in [-0.3, -0.25) is 4.55 Å². The van der Waals surface area contributed by atoms with Gasteiger partial charge in [-0.15, -0.1) is 0 Å². The summed E-state index contributed by atoms with van der Waals surface area (Å²) in [4.78, 5) is 13.2. The van der Waals surface area contributed by atoms with Gasteiger partial charge in [0.15, 0.2) is 0 Å². The van der Waals surface area contributed by atoms with E-state index in [0.29, 0.717) is 22.8 Å².